The van der Waals surface area contributed by atoms with Crippen molar-refractivity contribution < 1.29 is 19.0 Å². The van der Waals surface area contributed by atoms with Gasteiger partial charge in [0.05, 0.1) is 12.7 Å². The van der Waals surface area contributed by atoms with Crippen LogP contribution >= 0.6 is 0 Å². The second-order valence-electron chi connectivity index (χ2n) is 8.95. The molecule has 0 radical (unpaired) electrons. The van der Waals surface area contributed by atoms with Crippen LogP contribution in [0.15, 0.2) is 42.6 Å². The van der Waals surface area contributed by atoms with Gasteiger partial charge in [-0.1, -0.05) is 12.1 Å². The first-order valence-corrected chi connectivity index (χ1v) is 11.0. The zero-order valence-electron chi connectivity index (χ0n) is 18.3. The summed E-state index contributed by atoms with van der Waals surface area (Å²) in [4.78, 5) is 19.3. The van der Waals surface area contributed by atoms with Crippen LogP contribution in [0.5, 0.6) is 5.75 Å². The van der Waals surface area contributed by atoms with E-state index < -0.39 is 12.1 Å². The summed E-state index contributed by atoms with van der Waals surface area (Å²) >= 11 is 0. The maximum Gasteiger partial charge on any atom is 0.335 e. The summed E-state index contributed by atoms with van der Waals surface area (Å²) in [5.74, 6) is -0.0806. The van der Waals surface area contributed by atoms with E-state index in [1.54, 1.807) is 19.2 Å². The molecule has 0 bridgehead atoms. The van der Waals surface area contributed by atoms with E-state index in [4.69, 9.17) is 4.74 Å². The van der Waals surface area contributed by atoms with Gasteiger partial charge in [-0.2, -0.15) is 0 Å². The fourth-order valence-corrected chi connectivity index (χ4v) is 5.39. The molecule has 6 nitrogen and oxygen atoms in total. The highest BCUT2D eigenvalue weighted by molar-refractivity contribution is 5.88. The van der Waals surface area contributed by atoms with Gasteiger partial charge in [0, 0.05) is 60.9 Å². The number of alkyl halides is 1. The third-order valence-electron chi connectivity index (χ3n) is 7.01. The Hall–Kier alpha value is -2.90. The van der Waals surface area contributed by atoms with E-state index in [0.717, 1.165) is 46.4 Å². The van der Waals surface area contributed by atoms with Gasteiger partial charge in [-0.3, -0.25) is 9.80 Å². The van der Waals surface area contributed by atoms with Crippen LogP contribution in [0.25, 0.3) is 10.9 Å². The van der Waals surface area contributed by atoms with Crippen molar-refractivity contribution in [2.24, 2.45) is 0 Å². The molecule has 0 aliphatic carbocycles. The maximum atomic E-state index is 14.2. The number of fused-ring (bicyclic) bond motifs is 2. The Kier molecular flexibility index (Phi) is 5.39. The summed E-state index contributed by atoms with van der Waals surface area (Å²) < 4.78 is 20.0. The molecule has 1 aromatic heterocycles. The summed E-state index contributed by atoms with van der Waals surface area (Å²) in [6, 6.07) is 11.5. The fraction of sp³-hybridized carbons (Fsp3) is 0.400. The van der Waals surface area contributed by atoms with Gasteiger partial charge in [0.1, 0.15) is 11.9 Å². The van der Waals surface area contributed by atoms with E-state index in [0.29, 0.717) is 19.5 Å². The minimum Gasteiger partial charge on any atom is -0.496 e. The number of ether oxygens (including phenoxy) is 1. The molecule has 7 heteroatoms. The molecular weight excluding hydrogens is 409 g/mol. The predicted molar refractivity (Wildman–Crippen MR) is 121 cm³/mol. The lowest BCUT2D eigenvalue weighted by molar-refractivity contribution is 0.0441. The number of hydrogen-bond donors (Lipinski definition) is 2. The largest absolute Gasteiger partial charge is 0.496 e. The number of aromatic carboxylic acids is 1. The average molecular weight is 438 g/mol. The van der Waals surface area contributed by atoms with E-state index in [2.05, 4.69) is 33.8 Å². The second-order valence-corrected chi connectivity index (χ2v) is 8.95. The first-order chi connectivity index (χ1) is 15.4. The van der Waals surface area contributed by atoms with Crippen LogP contribution in [0.1, 0.15) is 39.5 Å². The number of rotatable bonds is 5. The van der Waals surface area contributed by atoms with Crippen molar-refractivity contribution in [3.63, 3.8) is 0 Å². The number of carboxylic acids is 1. The number of carboxylic acid groups (broad SMARTS) is 1. The number of hydrogen-bond acceptors (Lipinski definition) is 4. The van der Waals surface area contributed by atoms with E-state index in [1.807, 2.05) is 18.3 Å². The number of carbonyl (C=O) groups is 1. The Morgan fingerprint density at radius 1 is 1.22 bits per heavy atom. The third-order valence-corrected chi connectivity index (χ3v) is 7.01. The van der Waals surface area contributed by atoms with E-state index in [-0.39, 0.29) is 17.6 Å². The van der Waals surface area contributed by atoms with Gasteiger partial charge in [0.2, 0.25) is 0 Å². The highest BCUT2D eigenvalue weighted by Crippen LogP contribution is 2.38. The molecule has 3 heterocycles. The lowest BCUT2D eigenvalue weighted by atomic mass is 9.96. The Morgan fingerprint density at radius 2 is 2.00 bits per heavy atom. The normalized spacial score (nSPS) is 24.0. The SMILES string of the molecule is COc1cc(C)c2[nH]ccc2c1CN1C[C@H]2C[C@@H](F)CN2CC1c1ccc(C(=O)O)cc1. The van der Waals surface area contributed by atoms with Crippen LogP contribution in [0, 0.1) is 6.92 Å². The van der Waals surface area contributed by atoms with Crippen molar-refractivity contribution in [2.75, 3.05) is 26.7 Å². The van der Waals surface area contributed by atoms with Crippen LogP contribution in [0.2, 0.25) is 0 Å². The lowest BCUT2D eigenvalue weighted by Gasteiger charge is -2.44. The number of nitrogens with one attached hydrogen (secondary N) is 1. The molecule has 2 saturated heterocycles. The summed E-state index contributed by atoms with van der Waals surface area (Å²) in [5, 5.41) is 10.4. The van der Waals surface area contributed by atoms with Crippen molar-refractivity contribution >= 4 is 16.9 Å². The van der Waals surface area contributed by atoms with Gasteiger partial charge >= 0.3 is 5.97 Å². The molecule has 168 valence electrons. The second kappa shape index (κ2) is 8.22. The fourth-order valence-electron chi connectivity index (χ4n) is 5.39. The molecular formula is C25H28FN3O3. The van der Waals surface area contributed by atoms with Gasteiger partial charge in [-0.15, -0.1) is 0 Å². The van der Waals surface area contributed by atoms with E-state index in [9.17, 15) is 14.3 Å². The number of H-pyrrole nitrogens is 1. The molecule has 2 aliphatic rings. The predicted octanol–water partition coefficient (Wildman–Crippen LogP) is 4.15. The van der Waals surface area contributed by atoms with Crippen LogP contribution in [0.4, 0.5) is 4.39 Å². The molecule has 2 N–H and O–H groups in total. The average Bonchev–Trinajstić information content (AvgIpc) is 3.41. The first kappa shape index (κ1) is 21.0. The standard InChI is InChI=1S/C25H28FN3O3/c1-15-9-23(32-2)21(20-7-8-27-24(15)20)13-29-12-19-10-18(26)11-28(19)14-22(29)16-3-5-17(6-4-16)25(30)31/h3-9,18-19,22,27H,10-14H2,1-2H3,(H,30,31)/t18-,19-,22?/m1/s1. The topological polar surface area (TPSA) is 68.8 Å². The van der Waals surface area contributed by atoms with Gasteiger partial charge in [-0.25, -0.2) is 9.18 Å². The van der Waals surface area contributed by atoms with E-state index in [1.165, 1.54) is 0 Å². The van der Waals surface area contributed by atoms with Gasteiger partial charge in [0.15, 0.2) is 0 Å². The molecule has 32 heavy (non-hydrogen) atoms. The number of halogens is 1. The Bertz CT molecular complexity index is 1140. The number of piperazine rings is 1. The Morgan fingerprint density at radius 3 is 2.72 bits per heavy atom. The lowest BCUT2D eigenvalue weighted by Crippen LogP contribution is -2.51. The number of benzene rings is 2. The Balaban J connectivity index is 1.52. The van der Waals surface area contributed by atoms with Crippen LogP contribution in [0.3, 0.4) is 0 Å². The Labute approximate surface area is 186 Å². The first-order valence-electron chi connectivity index (χ1n) is 11.0. The quantitative estimate of drug-likeness (QED) is 0.628. The summed E-state index contributed by atoms with van der Waals surface area (Å²) in [5.41, 5.74) is 4.67. The zero-order valence-corrected chi connectivity index (χ0v) is 18.3. The number of aromatic nitrogens is 1. The van der Waals surface area contributed by atoms with Gasteiger partial charge < -0.3 is 14.8 Å². The van der Waals surface area contributed by atoms with Crippen molar-refractivity contribution in [3.8, 4) is 5.75 Å². The van der Waals surface area contributed by atoms with Gasteiger partial charge in [0.25, 0.3) is 0 Å². The number of methoxy groups -OCH3 is 1. The van der Waals surface area contributed by atoms with E-state index >= 15 is 0 Å². The highest BCUT2D eigenvalue weighted by atomic mass is 19.1. The monoisotopic (exact) mass is 437 g/mol. The zero-order chi connectivity index (χ0) is 22.4. The smallest absolute Gasteiger partial charge is 0.335 e. The highest BCUT2D eigenvalue weighted by Gasteiger charge is 2.41. The summed E-state index contributed by atoms with van der Waals surface area (Å²) in [6.07, 6.45) is 1.72. The summed E-state index contributed by atoms with van der Waals surface area (Å²) in [7, 11) is 1.70. The van der Waals surface area contributed by atoms with Crippen molar-refractivity contribution in [1.29, 1.82) is 0 Å². The van der Waals surface area contributed by atoms with Crippen LogP contribution < -0.4 is 4.74 Å². The molecule has 3 aromatic rings. The molecule has 0 amide bonds. The number of aryl methyl sites for hydroxylation is 1. The van der Waals surface area contributed by atoms with Crippen molar-refractivity contribution in [1.82, 2.24) is 14.8 Å². The minimum absolute atomic E-state index is 0.0411. The number of aromatic amines is 1. The molecule has 2 aromatic carbocycles. The molecule has 3 atom stereocenters. The van der Waals surface area contributed by atoms with Gasteiger partial charge in [-0.05, 0) is 48.7 Å². The number of nitrogens with zero attached hydrogens (tertiary/aromatic N) is 2. The minimum atomic E-state index is -0.934. The van der Waals surface area contributed by atoms with Crippen molar-refractivity contribution in [2.45, 2.75) is 38.1 Å². The molecule has 0 saturated carbocycles. The van der Waals surface area contributed by atoms with Crippen molar-refractivity contribution in [3.05, 3.63) is 64.8 Å². The summed E-state index contributed by atoms with van der Waals surface area (Å²) in [6.45, 7) is 4.69. The van der Waals surface area contributed by atoms with Crippen LogP contribution in [-0.4, -0.2) is 64.8 Å². The molecule has 0 spiro atoms. The molecule has 2 aliphatic heterocycles. The third kappa shape index (κ3) is 3.65. The molecule has 2 fully saturated rings. The molecule has 5 rings (SSSR count). The maximum absolute atomic E-state index is 14.2. The van der Waals surface area contributed by atoms with Crippen LogP contribution in [-0.2, 0) is 6.54 Å². The molecule has 1 unspecified atom stereocenters.